The van der Waals surface area contributed by atoms with Gasteiger partial charge in [-0.05, 0) is 65.1 Å². The van der Waals surface area contributed by atoms with Crippen LogP contribution in [0.1, 0.15) is 37.7 Å². The Hall–Kier alpha value is -2.61. The molecule has 0 atom stereocenters. The van der Waals surface area contributed by atoms with Gasteiger partial charge < -0.3 is 10.2 Å². The summed E-state index contributed by atoms with van der Waals surface area (Å²) >= 11 is 1.47. The van der Waals surface area contributed by atoms with Crippen molar-refractivity contribution in [1.82, 2.24) is 19.6 Å². The van der Waals surface area contributed by atoms with Gasteiger partial charge in [0.05, 0.1) is 6.42 Å². The van der Waals surface area contributed by atoms with Gasteiger partial charge in [0.2, 0.25) is 11.1 Å². The fraction of sp³-hybridized carbons (Fsp3) is 0.429. The van der Waals surface area contributed by atoms with E-state index in [1.165, 1.54) is 11.8 Å². The third-order valence-corrected chi connectivity index (χ3v) is 5.53. The first-order valence-corrected chi connectivity index (χ1v) is 11.0. The third kappa shape index (κ3) is 4.53. The number of carbonyl (C=O) groups excluding carboxylic acids is 1. The van der Waals surface area contributed by atoms with Gasteiger partial charge in [0.15, 0.2) is 0 Å². The molecule has 8 heteroatoms. The molecule has 0 unspecified atom stereocenters. The van der Waals surface area contributed by atoms with E-state index in [9.17, 15) is 4.79 Å². The Bertz CT molecular complexity index is 1010. The van der Waals surface area contributed by atoms with Crippen molar-refractivity contribution >= 4 is 34.8 Å². The van der Waals surface area contributed by atoms with E-state index in [1.54, 1.807) is 4.52 Å². The van der Waals surface area contributed by atoms with Crippen LogP contribution in [0, 0.1) is 13.8 Å². The number of aryl methyl sites for hydroxylation is 2. The molecule has 0 aliphatic rings. The Morgan fingerprint density at radius 3 is 2.48 bits per heavy atom. The molecule has 0 spiro atoms. The Kier molecular flexibility index (Phi) is 6.42. The molecule has 0 bridgehead atoms. The second kappa shape index (κ2) is 8.82. The predicted octanol–water partition coefficient (Wildman–Crippen LogP) is 3.88. The average Bonchev–Trinajstić information content (AvgIpc) is 3.10. The number of rotatable bonds is 7. The lowest BCUT2D eigenvalue weighted by Gasteiger charge is -2.27. The zero-order valence-electron chi connectivity index (χ0n) is 17.9. The van der Waals surface area contributed by atoms with Gasteiger partial charge in [-0.2, -0.15) is 4.98 Å². The molecule has 7 nitrogen and oxygen atoms in total. The van der Waals surface area contributed by atoms with Gasteiger partial charge >= 0.3 is 0 Å². The summed E-state index contributed by atoms with van der Waals surface area (Å²) in [6, 6.07) is 8.41. The maximum absolute atomic E-state index is 12.7. The molecule has 3 aromatic rings. The number of amides is 1. The molecule has 0 radical (unpaired) electrons. The van der Waals surface area contributed by atoms with Gasteiger partial charge in [-0.3, -0.25) is 4.79 Å². The van der Waals surface area contributed by atoms with Crippen LogP contribution in [-0.4, -0.2) is 44.3 Å². The van der Waals surface area contributed by atoms with E-state index in [0.29, 0.717) is 17.0 Å². The molecular formula is C21H28N6OS. The number of fused-ring (bicyclic) bond motifs is 1. The van der Waals surface area contributed by atoms with E-state index >= 15 is 0 Å². The van der Waals surface area contributed by atoms with Crippen LogP contribution in [0.4, 0.5) is 11.4 Å². The molecule has 3 rings (SSSR count). The number of hydrogen-bond donors (Lipinski definition) is 1. The zero-order valence-corrected chi connectivity index (χ0v) is 18.7. The number of hydrogen-bond acceptors (Lipinski definition) is 6. The molecule has 2 aromatic heterocycles. The number of anilines is 2. The highest BCUT2D eigenvalue weighted by Crippen LogP contribution is 2.21. The second-order valence-electron chi connectivity index (χ2n) is 7.22. The van der Waals surface area contributed by atoms with Crippen LogP contribution in [0.2, 0.25) is 0 Å². The molecule has 1 N–H and O–H groups in total. The summed E-state index contributed by atoms with van der Waals surface area (Å²) in [7, 11) is 0. The summed E-state index contributed by atoms with van der Waals surface area (Å²) in [6.07, 6.45) is 2.17. The standard InChI is InChI=1S/C21H28N6OS/c1-7-26(13(2)3)17-10-8-16(9-11-17)23-19(28)12-18-14(4)22-20-24-21(29-6)25-27(20)15(18)5/h8-11,13H,7,12H2,1-6H3,(H,23,28). The lowest BCUT2D eigenvalue weighted by Crippen LogP contribution is -2.30. The fourth-order valence-corrected chi connectivity index (χ4v) is 3.82. The highest BCUT2D eigenvalue weighted by Gasteiger charge is 2.16. The normalized spacial score (nSPS) is 11.3. The van der Waals surface area contributed by atoms with E-state index in [4.69, 9.17) is 0 Å². The minimum absolute atomic E-state index is 0.0773. The largest absolute Gasteiger partial charge is 0.369 e. The van der Waals surface area contributed by atoms with Crippen molar-refractivity contribution in [3.05, 3.63) is 41.2 Å². The molecule has 29 heavy (non-hydrogen) atoms. The van der Waals surface area contributed by atoms with Crippen LogP contribution < -0.4 is 10.2 Å². The molecule has 0 aliphatic carbocycles. The number of benzene rings is 1. The fourth-order valence-electron chi connectivity index (χ4n) is 3.48. The molecule has 0 aliphatic heterocycles. The van der Waals surface area contributed by atoms with E-state index in [2.05, 4.69) is 46.1 Å². The summed E-state index contributed by atoms with van der Waals surface area (Å²) < 4.78 is 1.71. The van der Waals surface area contributed by atoms with Crippen molar-refractivity contribution in [2.45, 2.75) is 52.2 Å². The maximum Gasteiger partial charge on any atom is 0.253 e. The van der Waals surface area contributed by atoms with Crippen LogP contribution in [0.3, 0.4) is 0 Å². The van der Waals surface area contributed by atoms with Gasteiger partial charge in [0.1, 0.15) is 0 Å². The molecular weight excluding hydrogens is 384 g/mol. The Morgan fingerprint density at radius 1 is 1.21 bits per heavy atom. The first-order chi connectivity index (χ1) is 13.8. The van der Waals surface area contributed by atoms with Crippen LogP contribution >= 0.6 is 11.8 Å². The van der Waals surface area contributed by atoms with E-state index in [-0.39, 0.29) is 12.3 Å². The predicted molar refractivity (Wildman–Crippen MR) is 119 cm³/mol. The highest BCUT2D eigenvalue weighted by atomic mass is 32.2. The lowest BCUT2D eigenvalue weighted by molar-refractivity contribution is -0.115. The van der Waals surface area contributed by atoms with Crippen LogP contribution in [-0.2, 0) is 11.2 Å². The van der Waals surface area contributed by atoms with Gasteiger partial charge in [0.25, 0.3) is 5.78 Å². The van der Waals surface area contributed by atoms with E-state index in [0.717, 1.165) is 34.9 Å². The smallest absolute Gasteiger partial charge is 0.253 e. The van der Waals surface area contributed by atoms with Crippen molar-refractivity contribution < 1.29 is 4.79 Å². The maximum atomic E-state index is 12.7. The minimum atomic E-state index is -0.0773. The molecule has 0 saturated carbocycles. The average molecular weight is 413 g/mol. The lowest BCUT2D eigenvalue weighted by atomic mass is 10.1. The van der Waals surface area contributed by atoms with Crippen molar-refractivity contribution in [3.8, 4) is 0 Å². The molecule has 2 heterocycles. The summed E-state index contributed by atoms with van der Waals surface area (Å²) in [4.78, 5) is 23.9. The number of thioether (sulfide) groups is 1. The Balaban J connectivity index is 1.75. The van der Waals surface area contributed by atoms with Gasteiger partial charge in [-0.25, -0.2) is 9.50 Å². The van der Waals surface area contributed by atoms with Gasteiger partial charge in [0, 0.05) is 40.9 Å². The molecule has 154 valence electrons. The SMILES string of the molecule is CCN(c1ccc(NC(=O)Cc2c(C)nc3nc(SC)nn3c2C)cc1)C(C)C. The highest BCUT2D eigenvalue weighted by molar-refractivity contribution is 7.98. The number of aromatic nitrogens is 4. The number of nitrogens with zero attached hydrogens (tertiary/aromatic N) is 5. The zero-order chi connectivity index (χ0) is 21.1. The monoisotopic (exact) mass is 412 g/mol. The number of carbonyl (C=O) groups is 1. The van der Waals surface area contributed by atoms with E-state index in [1.807, 2.05) is 44.4 Å². The quantitative estimate of drug-likeness (QED) is 0.594. The molecule has 1 amide bonds. The molecule has 0 fully saturated rings. The summed E-state index contributed by atoms with van der Waals surface area (Å²) in [5.41, 5.74) is 4.50. The van der Waals surface area contributed by atoms with Crippen LogP contribution in [0.15, 0.2) is 29.4 Å². The van der Waals surface area contributed by atoms with Gasteiger partial charge in [-0.15, -0.1) is 5.10 Å². The number of nitrogens with one attached hydrogen (secondary N) is 1. The van der Waals surface area contributed by atoms with Gasteiger partial charge in [-0.1, -0.05) is 11.8 Å². The van der Waals surface area contributed by atoms with E-state index < -0.39 is 0 Å². The minimum Gasteiger partial charge on any atom is -0.369 e. The van der Waals surface area contributed by atoms with Crippen molar-refractivity contribution in [2.75, 3.05) is 23.0 Å². The topological polar surface area (TPSA) is 75.4 Å². The van der Waals surface area contributed by atoms with Crippen LogP contribution in [0.25, 0.3) is 5.78 Å². The Morgan fingerprint density at radius 2 is 1.90 bits per heavy atom. The van der Waals surface area contributed by atoms with Crippen molar-refractivity contribution in [1.29, 1.82) is 0 Å². The van der Waals surface area contributed by atoms with Crippen molar-refractivity contribution in [3.63, 3.8) is 0 Å². The van der Waals surface area contributed by atoms with Crippen LogP contribution in [0.5, 0.6) is 0 Å². The summed E-state index contributed by atoms with van der Waals surface area (Å²) in [5, 5.41) is 8.10. The summed E-state index contributed by atoms with van der Waals surface area (Å²) in [5.74, 6) is 0.487. The molecule has 0 saturated heterocycles. The Labute approximate surface area is 175 Å². The first-order valence-electron chi connectivity index (χ1n) is 9.77. The summed E-state index contributed by atoms with van der Waals surface area (Å²) in [6.45, 7) is 11.3. The third-order valence-electron chi connectivity index (χ3n) is 5.00. The first kappa shape index (κ1) is 21.1. The second-order valence-corrected chi connectivity index (χ2v) is 8.00. The van der Waals surface area contributed by atoms with Crippen molar-refractivity contribution in [2.24, 2.45) is 0 Å². The molecule has 1 aromatic carbocycles.